The molecule has 0 amide bonds. The molecule has 0 aliphatic carbocycles. The van der Waals surface area contributed by atoms with Gasteiger partial charge in [0.2, 0.25) is 11.6 Å². The first-order chi connectivity index (χ1) is 17.2. The highest BCUT2D eigenvalue weighted by Crippen LogP contribution is 2.42. The highest BCUT2D eigenvalue weighted by atomic mass is 79.9. The van der Waals surface area contributed by atoms with Gasteiger partial charge in [0, 0.05) is 24.2 Å². The lowest BCUT2D eigenvalue weighted by Gasteiger charge is -2.21. The molecule has 1 aromatic heterocycles. The molecule has 1 aromatic carbocycles. The van der Waals surface area contributed by atoms with Crippen LogP contribution in [0, 0.1) is 6.92 Å². The van der Waals surface area contributed by atoms with E-state index in [2.05, 4.69) is 31.0 Å². The molecule has 2 heterocycles. The fourth-order valence-electron chi connectivity index (χ4n) is 4.20. The lowest BCUT2D eigenvalue weighted by atomic mass is 9.92. The van der Waals surface area contributed by atoms with Crippen molar-refractivity contribution in [1.29, 1.82) is 0 Å². The molecule has 0 fully saturated rings. The second kappa shape index (κ2) is 11.4. The second-order valence-corrected chi connectivity index (χ2v) is 9.48. The predicted molar refractivity (Wildman–Crippen MR) is 127 cm³/mol. The molecule has 0 spiro atoms. The number of hydrogen-bond donors (Lipinski definition) is 0. The van der Waals surface area contributed by atoms with Gasteiger partial charge in [-0.1, -0.05) is 20.9 Å². The van der Waals surface area contributed by atoms with E-state index in [1.165, 1.54) is 23.8 Å². The number of rotatable bonds is 10. The molecule has 0 radical (unpaired) electrons. The smallest absolute Gasteiger partial charge is 0.389 e. The zero-order valence-electron chi connectivity index (χ0n) is 20.7. The van der Waals surface area contributed by atoms with Crippen LogP contribution in [0.5, 0.6) is 11.5 Å². The summed E-state index contributed by atoms with van der Waals surface area (Å²) in [7, 11) is 3.00. The second-order valence-electron chi connectivity index (χ2n) is 8.56. The summed E-state index contributed by atoms with van der Waals surface area (Å²) in [6.07, 6.45) is -11.5. The van der Waals surface area contributed by atoms with Gasteiger partial charge in [0.1, 0.15) is 17.4 Å². The highest BCUT2D eigenvalue weighted by molar-refractivity contribution is 9.10. The molecule has 1 aliphatic heterocycles. The summed E-state index contributed by atoms with van der Waals surface area (Å²) in [6, 6.07) is 3.51. The molecule has 1 unspecified atom stereocenters. The molecule has 1 atom stereocenters. The van der Waals surface area contributed by atoms with Gasteiger partial charge in [-0.3, -0.25) is 4.90 Å². The average Bonchev–Trinajstić information content (AvgIpc) is 3.10. The molecule has 3 rings (SSSR count). The Morgan fingerprint density at radius 3 is 1.89 bits per heavy atom. The van der Waals surface area contributed by atoms with Crippen LogP contribution in [0.4, 0.5) is 32.3 Å². The number of aromatic nitrogens is 3. The summed E-state index contributed by atoms with van der Waals surface area (Å²) in [5.74, 6) is 1.25. The summed E-state index contributed by atoms with van der Waals surface area (Å²) in [6.45, 7) is 3.04. The van der Waals surface area contributed by atoms with Crippen molar-refractivity contribution in [2.24, 2.45) is 5.10 Å². The van der Waals surface area contributed by atoms with Crippen molar-refractivity contribution in [1.82, 2.24) is 9.97 Å². The maximum absolute atomic E-state index is 12.8. The molecule has 1 aliphatic rings. The van der Waals surface area contributed by atoms with Crippen LogP contribution in [0.3, 0.4) is 0 Å². The minimum absolute atomic E-state index is 0.128. The Labute approximate surface area is 218 Å². The minimum atomic E-state index is -4.39. The molecular weight excluding hydrogens is 572 g/mol. The molecule has 204 valence electrons. The molecule has 0 saturated carbocycles. The molecule has 14 heteroatoms. The number of benzene rings is 1. The Hall–Kier alpha value is -2.64. The van der Waals surface area contributed by atoms with E-state index in [9.17, 15) is 26.3 Å². The number of aryl methyl sites for hydroxylation is 1. The van der Waals surface area contributed by atoms with E-state index >= 15 is 0 Å². The number of alkyl halides is 6. The van der Waals surface area contributed by atoms with Gasteiger partial charge in [-0.15, -0.1) is 14.8 Å². The van der Waals surface area contributed by atoms with Gasteiger partial charge < -0.3 is 9.47 Å². The summed E-state index contributed by atoms with van der Waals surface area (Å²) in [5, 5.41) is 4.56. The predicted octanol–water partition coefficient (Wildman–Crippen LogP) is 5.71. The lowest BCUT2D eigenvalue weighted by molar-refractivity contribution is -0.674. The standard InChI is InChI=1S/C23H27BrF6N5O2/c1-13-18(19-16(36-3)11-15(24)12-17(19)37-4)20-31-14(2)32-21(35(20)33-13)34(9-5-7-22(25,26)27)10-6-8-23(28,29)30/h11-12,18H,5-10H2,1-4H3/q+1. The van der Waals surface area contributed by atoms with Crippen molar-refractivity contribution >= 4 is 27.6 Å². The molecule has 0 saturated heterocycles. The number of nitrogens with zero attached hydrogens (tertiary/aromatic N) is 5. The third-order valence-electron chi connectivity index (χ3n) is 5.74. The average molecular weight is 599 g/mol. The normalized spacial score (nSPS) is 15.4. The monoisotopic (exact) mass is 598 g/mol. The maximum Gasteiger partial charge on any atom is 0.389 e. The number of fused-ring (bicyclic) bond motifs is 1. The zero-order valence-corrected chi connectivity index (χ0v) is 22.3. The summed E-state index contributed by atoms with van der Waals surface area (Å²) in [4.78, 5) is 10.3. The van der Waals surface area contributed by atoms with E-state index in [-0.39, 0.29) is 31.9 Å². The Morgan fingerprint density at radius 1 is 0.919 bits per heavy atom. The minimum Gasteiger partial charge on any atom is -0.496 e. The largest absolute Gasteiger partial charge is 0.496 e. The van der Waals surface area contributed by atoms with Crippen molar-refractivity contribution in [2.75, 3.05) is 32.2 Å². The van der Waals surface area contributed by atoms with Gasteiger partial charge in [0.15, 0.2) is 0 Å². The SMILES string of the molecule is COc1cc(Br)cc(OC)c1C1C(C)=N[n+]2c1nc(C)nc2N(CCCC(F)(F)F)CCCC(F)(F)F. The third kappa shape index (κ3) is 7.23. The maximum atomic E-state index is 12.8. The first-order valence-corrected chi connectivity index (χ1v) is 12.2. The van der Waals surface area contributed by atoms with Gasteiger partial charge in [-0.25, -0.2) is 0 Å². The first-order valence-electron chi connectivity index (χ1n) is 11.4. The lowest BCUT2D eigenvalue weighted by Crippen LogP contribution is -2.44. The van der Waals surface area contributed by atoms with Crippen LogP contribution in [0.1, 0.15) is 55.7 Å². The third-order valence-corrected chi connectivity index (χ3v) is 6.19. The van der Waals surface area contributed by atoms with Crippen molar-refractivity contribution in [2.45, 2.75) is 57.8 Å². The topological polar surface area (TPSA) is 63.7 Å². The van der Waals surface area contributed by atoms with Gasteiger partial charge in [-0.05, 0) is 31.9 Å². The van der Waals surface area contributed by atoms with Gasteiger partial charge >= 0.3 is 18.3 Å². The molecule has 0 bridgehead atoms. The van der Waals surface area contributed by atoms with Crippen LogP contribution in [0.25, 0.3) is 0 Å². The van der Waals surface area contributed by atoms with Crippen LogP contribution in [-0.4, -0.2) is 55.3 Å². The summed E-state index contributed by atoms with van der Waals surface area (Å²) < 4.78 is 90.1. The number of hydrogen-bond acceptors (Lipinski definition) is 6. The Morgan fingerprint density at radius 2 is 1.43 bits per heavy atom. The molecule has 0 N–H and O–H groups in total. The van der Waals surface area contributed by atoms with Crippen molar-refractivity contribution < 1.29 is 40.5 Å². The van der Waals surface area contributed by atoms with E-state index in [0.29, 0.717) is 38.9 Å². The molecule has 37 heavy (non-hydrogen) atoms. The number of halogens is 7. The van der Waals surface area contributed by atoms with Crippen molar-refractivity contribution in [3.63, 3.8) is 0 Å². The number of ether oxygens (including phenoxy) is 2. The van der Waals surface area contributed by atoms with Crippen molar-refractivity contribution in [3.05, 3.63) is 33.8 Å². The van der Waals surface area contributed by atoms with Crippen LogP contribution >= 0.6 is 15.9 Å². The fourth-order valence-corrected chi connectivity index (χ4v) is 4.62. The molecule has 7 nitrogen and oxygen atoms in total. The molecule has 2 aromatic rings. The Kier molecular flexibility index (Phi) is 8.91. The van der Waals surface area contributed by atoms with Crippen molar-refractivity contribution in [3.8, 4) is 11.5 Å². The van der Waals surface area contributed by atoms with Crippen LogP contribution < -0.4 is 19.0 Å². The number of anilines is 1. The van der Waals surface area contributed by atoms with Gasteiger partial charge in [0.05, 0.1) is 38.6 Å². The quantitative estimate of drug-likeness (QED) is 0.259. The highest BCUT2D eigenvalue weighted by Gasteiger charge is 2.41. The van der Waals surface area contributed by atoms with Gasteiger partial charge in [0.25, 0.3) is 0 Å². The van der Waals surface area contributed by atoms with Crippen LogP contribution in [0.15, 0.2) is 21.7 Å². The summed E-state index contributed by atoms with van der Waals surface area (Å²) in [5.41, 5.74) is 1.20. The van der Waals surface area contributed by atoms with E-state index in [1.807, 2.05) is 0 Å². The Bertz CT molecular complexity index is 1110. The summed E-state index contributed by atoms with van der Waals surface area (Å²) >= 11 is 3.41. The fraction of sp³-hybridized carbons (Fsp3) is 0.565. The first kappa shape index (κ1) is 28.9. The Balaban J connectivity index is 2.07. The van der Waals surface area contributed by atoms with Crippen LogP contribution in [0.2, 0.25) is 0 Å². The van der Waals surface area contributed by atoms with Crippen LogP contribution in [-0.2, 0) is 0 Å². The van der Waals surface area contributed by atoms with E-state index < -0.39 is 31.1 Å². The zero-order chi connectivity index (χ0) is 27.5. The van der Waals surface area contributed by atoms with E-state index in [1.54, 1.807) is 26.0 Å². The van der Waals surface area contributed by atoms with Gasteiger partial charge in [-0.2, -0.15) is 26.3 Å². The molecular formula is C23H27BrF6N5O2+. The number of methoxy groups -OCH3 is 2. The van der Waals surface area contributed by atoms with E-state index in [4.69, 9.17) is 9.47 Å². The van der Waals surface area contributed by atoms with E-state index in [0.717, 1.165) is 0 Å².